The third-order valence-electron chi connectivity index (χ3n) is 2.30. The number of hydrogen-bond acceptors (Lipinski definition) is 5. The first-order chi connectivity index (χ1) is 9.74. The molecule has 1 aromatic heterocycles. The van der Waals surface area contributed by atoms with Crippen molar-refractivity contribution in [2.24, 2.45) is 0 Å². The van der Waals surface area contributed by atoms with Gasteiger partial charge < -0.3 is 20.1 Å². The molecule has 7 heteroatoms. The number of carbonyl (C=O) groups excluding carboxylic acids is 2. The highest BCUT2D eigenvalue weighted by atomic mass is 16.5. The Labute approximate surface area is 117 Å². The van der Waals surface area contributed by atoms with Gasteiger partial charge in [-0.3, -0.25) is 14.6 Å². The maximum absolute atomic E-state index is 11.6. The number of pyridine rings is 1. The summed E-state index contributed by atoms with van der Waals surface area (Å²) in [7, 11) is 1.56. The number of aromatic nitrogens is 1. The number of amides is 2. The maximum Gasteiger partial charge on any atom is 0.269 e. The molecular weight excluding hydrogens is 262 g/mol. The molecule has 1 rings (SSSR count). The van der Waals surface area contributed by atoms with Crippen LogP contribution in [-0.2, 0) is 14.3 Å². The van der Waals surface area contributed by atoms with E-state index in [2.05, 4.69) is 15.6 Å². The van der Waals surface area contributed by atoms with E-state index in [0.29, 0.717) is 32.0 Å². The smallest absolute Gasteiger partial charge is 0.269 e. The zero-order valence-corrected chi connectivity index (χ0v) is 11.4. The van der Waals surface area contributed by atoms with E-state index in [1.807, 2.05) is 0 Å². The second-order valence-corrected chi connectivity index (χ2v) is 3.87. The molecule has 0 saturated carbocycles. The van der Waals surface area contributed by atoms with E-state index in [-0.39, 0.29) is 18.4 Å². The number of nitrogens with one attached hydrogen (secondary N) is 2. The van der Waals surface area contributed by atoms with Gasteiger partial charge in [0, 0.05) is 26.4 Å². The zero-order chi connectivity index (χ0) is 14.6. The zero-order valence-electron chi connectivity index (χ0n) is 11.4. The predicted molar refractivity (Wildman–Crippen MR) is 72.3 cm³/mol. The van der Waals surface area contributed by atoms with Gasteiger partial charge in [0.25, 0.3) is 5.91 Å². The summed E-state index contributed by atoms with van der Waals surface area (Å²) in [5.74, 6) is -0.496. The lowest BCUT2D eigenvalue weighted by Crippen LogP contribution is -2.36. The lowest BCUT2D eigenvalue weighted by Gasteiger charge is -2.07. The molecule has 0 aliphatic carbocycles. The van der Waals surface area contributed by atoms with Crippen LogP contribution in [0.2, 0.25) is 0 Å². The highest BCUT2D eigenvalue weighted by molar-refractivity contribution is 5.92. The molecule has 2 amide bonds. The van der Waals surface area contributed by atoms with Gasteiger partial charge in [0.2, 0.25) is 5.91 Å². The summed E-state index contributed by atoms with van der Waals surface area (Å²) in [6.07, 6.45) is 1.55. The Kier molecular flexibility index (Phi) is 7.93. The Morgan fingerprint density at radius 2 is 2.00 bits per heavy atom. The van der Waals surface area contributed by atoms with Crippen LogP contribution in [-0.4, -0.2) is 56.8 Å². The first-order valence-corrected chi connectivity index (χ1v) is 6.26. The van der Waals surface area contributed by atoms with Gasteiger partial charge >= 0.3 is 0 Å². The predicted octanol–water partition coefficient (Wildman–Crippen LogP) is -0.409. The lowest BCUT2D eigenvalue weighted by molar-refractivity contribution is -0.126. The minimum absolute atomic E-state index is 0.0163. The van der Waals surface area contributed by atoms with E-state index < -0.39 is 0 Å². The molecule has 0 fully saturated rings. The minimum Gasteiger partial charge on any atom is -0.382 e. The normalized spacial score (nSPS) is 10.1. The number of carbonyl (C=O) groups is 2. The molecule has 0 radical (unpaired) electrons. The van der Waals surface area contributed by atoms with Gasteiger partial charge in [0.1, 0.15) is 12.3 Å². The van der Waals surface area contributed by atoms with Crippen LogP contribution in [0.4, 0.5) is 0 Å². The molecule has 0 aliphatic rings. The molecule has 110 valence electrons. The Bertz CT molecular complexity index is 411. The lowest BCUT2D eigenvalue weighted by atomic mass is 10.3. The number of rotatable bonds is 9. The van der Waals surface area contributed by atoms with Crippen molar-refractivity contribution in [2.75, 3.05) is 40.0 Å². The van der Waals surface area contributed by atoms with Crippen molar-refractivity contribution < 1.29 is 19.1 Å². The summed E-state index contributed by atoms with van der Waals surface area (Å²) in [4.78, 5) is 26.8. The Morgan fingerprint density at radius 1 is 1.20 bits per heavy atom. The van der Waals surface area contributed by atoms with Gasteiger partial charge in [0.15, 0.2) is 0 Å². The summed E-state index contributed by atoms with van der Waals surface area (Å²) < 4.78 is 9.83. The number of methoxy groups -OCH3 is 1. The van der Waals surface area contributed by atoms with Crippen LogP contribution in [0.5, 0.6) is 0 Å². The Morgan fingerprint density at radius 3 is 2.70 bits per heavy atom. The molecule has 0 spiro atoms. The molecule has 0 aromatic carbocycles. The van der Waals surface area contributed by atoms with Crippen LogP contribution >= 0.6 is 0 Å². The average molecular weight is 281 g/mol. The summed E-state index contributed by atoms with van der Waals surface area (Å²) in [6.45, 7) is 1.48. The van der Waals surface area contributed by atoms with Gasteiger partial charge in [-0.25, -0.2) is 0 Å². The summed E-state index contributed by atoms with van der Waals surface area (Å²) >= 11 is 0. The van der Waals surface area contributed by atoms with E-state index in [4.69, 9.17) is 9.47 Å². The summed E-state index contributed by atoms with van der Waals surface area (Å²) in [6, 6.07) is 5.10. The van der Waals surface area contributed by atoms with Gasteiger partial charge in [0.05, 0.1) is 13.2 Å². The van der Waals surface area contributed by atoms with Crippen LogP contribution < -0.4 is 10.6 Å². The van der Waals surface area contributed by atoms with Gasteiger partial charge in [-0.2, -0.15) is 0 Å². The fourth-order valence-corrected chi connectivity index (χ4v) is 1.32. The van der Waals surface area contributed by atoms with E-state index in [9.17, 15) is 9.59 Å². The number of hydrogen-bond donors (Lipinski definition) is 2. The highest BCUT2D eigenvalue weighted by Crippen LogP contribution is 1.91. The second kappa shape index (κ2) is 9.88. The molecular formula is C13H19N3O4. The van der Waals surface area contributed by atoms with E-state index in [1.165, 1.54) is 0 Å². The largest absolute Gasteiger partial charge is 0.382 e. The fraction of sp³-hybridized carbons (Fsp3) is 0.462. The monoisotopic (exact) mass is 281 g/mol. The minimum atomic E-state index is -0.267. The van der Waals surface area contributed by atoms with Crippen molar-refractivity contribution in [1.29, 1.82) is 0 Å². The second-order valence-electron chi connectivity index (χ2n) is 3.87. The van der Waals surface area contributed by atoms with Crippen LogP contribution in [0.3, 0.4) is 0 Å². The molecule has 1 heterocycles. The molecule has 0 atom stereocenters. The quantitative estimate of drug-likeness (QED) is 0.601. The SMILES string of the molecule is COCCOCC(=O)NCCNC(=O)c1ccccn1. The average Bonchev–Trinajstić information content (AvgIpc) is 2.49. The Hall–Kier alpha value is -1.99. The molecule has 7 nitrogen and oxygen atoms in total. The molecule has 0 aliphatic heterocycles. The van der Waals surface area contributed by atoms with Crippen molar-refractivity contribution >= 4 is 11.8 Å². The van der Waals surface area contributed by atoms with E-state index in [0.717, 1.165) is 0 Å². The topological polar surface area (TPSA) is 89.5 Å². The van der Waals surface area contributed by atoms with E-state index >= 15 is 0 Å². The number of nitrogens with zero attached hydrogens (tertiary/aromatic N) is 1. The molecule has 20 heavy (non-hydrogen) atoms. The van der Waals surface area contributed by atoms with Crippen molar-refractivity contribution in [3.8, 4) is 0 Å². The fourth-order valence-electron chi connectivity index (χ4n) is 1.32. The highest BCUT2D eigenvalue weighted by Gasteiger charge is 2.05. The molecule has 0 saturated heterocycles. The van der Waals surface area contributed by atoms with Crippen molar-refractivity contribution in [3.05, 3.63) is 30.1 Å². The van der Waals surface area contributed by atoms with Crippen molar-refractivity contribution in [1.82, 2.24) is 15.6 Å². The van der Waals surface area contributed by atoms with Crippen molar-refractivity contribution in [2.45, 2.75) is 0 Å². The molecule has 0 unspecified atom stereocenters. The molecule has 2 N–H and O–H groups in total. The van der Waals surface area contributed by atoms with Crippen LogP contribution in [0.25, 0.3) is 0 Å². The van der Waals surface area contributed by atoms with E-state index in [1.54, 1.807) is 31.5 Å². The summed E-state index contributed by atoms with van der Waals surface area (Å²) in [5.41, 5.74) is 0.349. The third-order valence-corrected chi connectivity index (χ3v) is 2.30. The van der Waals surface area contributed by atoms with Gasteiger partial charge in [-0.05, 0) is 12.1 Å². The first kappa shape index (κ1) is 16.1. The van der Waals surface area contributed by atoms with Gasteiger partial charge in [-0.15, -0.1) is 0 Å². The standard InChI is InChI=1S/C13H19N3O4/c1-19-8-9-20-10-12(17)15-6-7-16-13(18)11-4-2-3-5-14-11/h2-5H,6-10H2,1H3,(H,15,17)(H,16,18). The third kappa shape index (κ3) is 6.81. The Balaban J connectivity index is 2.07. The van der Waals surface area contributed by atoms with Crippen molar-refractivity contribution in [3.63, 3.8) is 0 Å². The van der Waals surface area contributed by atoms with Crippen LogP contribution in [0.1, 0.15) is 10.5 Å². The van der Waals surface area contributed by atoms with Crippen LogP contribution in [0.15, 0.2) is 24.4 Å². The molecule has 1 aromatic rings. The van der Waals surface area contributed by atoms with Gasteiger partial charge in [-0.1, -0.05) is 6.07 Å². The first-order valence-electron chi connectivity index (χ1n) is 6.26. The van der Waals surface area contributed by atoms with Crippen LogP contribution in [0, 0.1) is 0 Å². The maximum atomic E-state index is 11.6. The molecule has 0 bridgehead atoms. The number of ether oxygens (including phenoxy) is 2. The summed E-state index contributed by atoms with van der Waals surface area (Å²) in [5, 5.41) is 5.28.